The average molecular weight is 315 g/mol. The van der Waals surface area contributed by atoms with Crippen molar-refractivity contribution in [3.8, 4) is 0 Å². The van der Waals surface area contributed by atoms with Crippen LogP contribution in [0.5, 0.6) is 0 Å². The number of rotatable bonds is 14. The molecule has 0 spiro atoms. The quantitative estimate of drug-likeness (QED) is 0.294. The standard InChI is InChI=1S/C17H38N4O/c1-5-9-15-22-16-11-13-20-17(18-6-2)19-12-10-14-21(7-3)8-4/h5-16H2,1-4H3,(H2,18,19,20). The van der Waals surface area contributed by atoms with Crippen molar-refractivity contribution < 1.29 is 4.74 Å². The van der Waals surface area contributed by atoms with Crippen LogP contribution in [0.25, 0.3) is 0 Å². The van der Waals surface area contributed by atoms with Gasteiger partial charge in [-0.15, -0.1) is 0 Å². The van der Waals surface area contributed by atoms with Gasteiger partial charge in [0.25, 0.3) is 0 Å². The Hall–Kier alpha value is -0.810. The van der Waals surface area contributed by atoms with Gasteiger partial charge in [0.2, 0.25) is 0 Å². The normalized spacial score (nSPS) is 12.0. The van der Waals surface area contributed by atoms with Crippen LogP contribution in [-0.2, 0) is 4.74 Å². The topological polar surface area (TPSA) is 48.9 Å². The van der Waals surface area contributed by atoms with E-state index in [4.69, 9.17) is 4.74 Å². The first-order chi connectivity index (χ1) is 10.8. The number of nitrogens with zero attached hydrogens (tertiary/aromatic N) is 2. The fraction of sp³-hybridized carbons (Fsp3) is 0.941. The molecule has 0 aliphatic heterocycles. The molecule has 0 unspecified atom stereocenters. The van der Waals surface area contributed by atoms with Crippen molar-refractivity contribution in [3.05, 3.63) is 0 Å². The summed E-state index contributed by atoms with van der Waals surface area (Å²) in [5, 5.41) is 6.70. The van der Waals surface area contributed by atoms with Gasteiger partial charge in [-0.05, 0) is 45.8 Å². The Bertz CT molecular complexity index is 255. The molecule has 5 heteroatoms. The van der Waals surface area contributed by atoms with Crippen molar-refractivity contribution >= 4 is 5.96 Å². The Balaban J connectivity index is 3.76. The van der Waals surface area contributed by atoms with E-state index < -0.39 is 0 Å². The van der Waals surface area contributed by atoms with Gasteiger partial charge >= 0.3 is 0 Å². The lowest BCUT2D eigenvalue weighted by atomic mass is 10.3. The molecule has 0 aliphatic carbocycles. The number of hydrogen-bond acceptors (Lipinski definition) is 3. The Morgan fingerprint density at radius 2 is 1.68 bits per heavy atom. The molecule has 0 radical (unpaired) electrons. The monoisotopic (exact) mass is 314 g/mol. The summed E-state index contributed by atoms with van der Waals surface area (Å²) in [5.74, 6) is 0.926. The molecule has 2 N–H and O–H groups in total. The maximum Gasteiger partial charge on any atom is 0.191 e. The third-order valence-corrected chi connectivity index (χ3v) is 3.54. The van der Waals surface area contributed by atoms with Crippen LogP contribution < -0.4 is 10.6 Å². The molecule has 0 saturated carbocycles. The van der Waals surface area contributed by atoms with Gasteiger partial charge in [0.1, 0.15) is 0 Å². The van der Waals surface area contributed by atoms with Crippen LogP contribution in [0.15, 0.2) is 4.99 Å². The second-order valence-electron chi connectivity index (χ2n) is 5.39. The van der Waals surface area contributed by atoms with E-state index in [0.717, 1.165) is 77.7 Å². The SMILES string of the molecule is CCCCOCCCN=C(NCC)NCCCN(CC)CC. The number of nitrogens with one attached hydrogen (secondary N) is 2. The average Bonchev–Trinajstić information content (AvgIpc) is 2.54. The summed E-state index contributed by atoms with van der Waals surface area (Å²) >= 11 is 0. The lowest BCUT2D eigenvalue weighted by molar-refractivity contribution is 0.130. The van der Waals surface area contributed by atoms with Crippen molar-refractivity contribution in [1.29, 1.82) is 0 Å². The van der Waals surface area contributed by atoms with Gasteiger partial charge in [0, 0.05) is 32.8 Å². The first-order valence-corrected chi connectivity index (χ1v) is 9.10. The summed E-state index contributed by atoms with van der Waals surface area (Å²) in [6, 6.07) is 0. The van der Waals surface area contributed by atoms with Crippen LogP contribution in [0, 0.1) is 0 Å². The minimum absolute atomic E-state index is 0.810. The van der Waals surface area contributed by atoms with Crippen LogP contribution in [0.1, 0.15) is 53.4 Å². The smallest absolute Gasteiger partial charge is 0.191 e. The molecule has 0 fully saturated rings. The summed E-state index contributed by atoms with van der Waals surface area (Å²) in [6.45, 7) is 16.5. The van der Waals surface area contributed by atoms with E-state index >= 15 is 0 Å². The Kier molecular flexibility index (Phi) is 15.9. The van der Waals surface area contributed by atoms with Crippen molar-refractivity contribution in [2.75, 3.05) is 52.5 Å². The highest BCUT2D eigenvalue weighted by Gasteiger charge is 2.00. The number of hydrogen-bond donors (Lipinski definition) is 2. The summed E-state index contributed by atoms with van der Waals surface area (Å²) < 4.78 is 5.55. The highest BCUT2D eigenvalue weighted by molar-refractivity contribution is 5.79. The molecule has 0 bridgehead atoms. The summed E-state index contributed by atoms with van der Waals surface area (Å²) in [4.78, 5) is 7.03. The molecule has 0 amide bonds. The van der Waals surface area contributed by atoms with Crippen molar-refractivity contribution in [3.63, 3.8) is 0 Å². The predicted octanol–water partition coefficient (Wildman–Crippen LogP) is 2.48. The van der Waals surface area contributed by atoms with Crippen LogP contribution in [0.4, 0.5) is 0 Å². The van der Waals surface area contributed by atoms with E-state index in [1.807, 2.05) is 0 Å². The molecule has 0 aromatic heterocycles. The van der Waals surface area contributed by atoms with Gasteiger partial charge in [-0.25, -0.2) is 0 Å². The number of guanidine groups is 1. The first-order valence-electron chi connectivity index (χ1n) is 9.10. The van der Waals surface area contributed by atoms with Crippen molar-refractivity contribution in [2.45, 2.75) is 53.4 Å². The van der Waals surface area contributed by atoms with Gasteiger partial charge < -0.3 is 20.3 Å². The maximum atomic E-state index is 5.55. The first kappa shape index (κ1) is 21.2. The summed E-state index contributed by atoms with van der Waals surface area (Å²) in [6.07, 6.45) is 4.48. The van der Waals surface area contributed by atoms with E-state index in [9.17, 15) is 0 Å². The lowest BCUT2D eigenvalue weighted by Gasteiger charge is -2.18. The minimum Gasteiger partial charge on any atom is -0.381 e. The van der Waals surface area contributed by atoms with E-state index in [-0.39, 0.29) is 0 Å². The maximum absolute atomic E-state index is 5.55. The molecule has 0 rings (SSSR count). The predicted molar refractivity (Wildman–Crippen MR) is 96.7 cm³/mol. The summed E-state index contributed by atoms with van der Waals surface area (Å²) in [5.41, 5.74) is 0. The molecule has 22 heavy (non-hydrogen) atoms. The molecule has 0 aliphatic rings. The van der Waals surface area contributed by atoms with Crippen LogP contribution >= 0.6 is 0 Å². The fourth-order valence-electron chi connectivity index (χ4n) is 2.10. The molecular formula is C17H38N4O. The minimum atomic E-state index is 0.810. The van der Waals surface area contributed by atoms with Crippen LogP contribution in [0.2, 0.25) is 0 Å². The number of aliphatic imine (C=N–C) groups is 1. The van der Waals surface area contributed by atoms with E-state index in [0.29, 0.717) is 0 Å². The van der Waals surface area contributed by atoms with Gasteiger partial charge in [-0.1, -0.05) is 27.2 Å². The summed E-state index contributed by atoms with van der Waals surface area (Å²) in [7, 11) is 0. The van der Waals surface area contributed by atoms with Gasteiger partial charge in [-0.3, -0.25) is 4.99 Å². The molecule has 0 atom stereocenters. The molecule has 0 saturated heterocycles. The second-order valence-corrected chi connectivity index (χ2v) is 5.39. The van der Waals surface area contributed by atoms with Gasteiger partial charge in [0.15, 0.2) is 5.96 Å². The Morgan fingerprint density at radius 3 is 2.32 bits per heavy atom. The zero-order chi connectivity index (χ0) is 16.5. The molecular weight excluding hydrogens is 276 g/mol. The molecule has 5 nitrogen and oxygen atoms in total. The fourth-order valence-corrected chi connectivity index (χ4v) is 2.10. The molecule has 0 heterocycles. The van der Waals surface area contributed by atoms with Gasteiger partial charge in [-0.2, -0.15) is 0 Å². The van der Waals surface area contributed by atoms with Gasteiger partial charge in [0.05, 0.1) is 0 Å². The number of ether oxygens (including phenoxy) is 1. The molecule has 0 aromatic rings. The largest absolute Gasteiger partial charge is 0.381 e. The second kappa shape index (κ2) is 16.6. The van der Waals surface area contributed by atoms with E-state index in [1.54, 1.807) is 0 Å². The highest BCUT2D eigenvalue weighted by Crippen LogP contribution is 1.91. The van der Waals surface area contributed by atoms with Crippen molar-refractivity contribution in [2.24, 2.45) is 4.99 Å². The van der Waals surface area contributed by atoms with E-state index in [1.165, 1.54) is 6.42 Å². The number of unbranched alkanes of at least 4 members (excludes halogenated alkanes) is 1. The lowest BCUT2D eigenvalue weighted by Crippen LogP contribution is -2.39. The third kappa shape index (κ3) is 12.9. The van der Waals surface area contributed by atoms with Crippen molar-refractivity contribution in [1.82, 2.24) is 15.5 Å². The molecule has 0 aromatic carbocycles. The van der Waals surface area contributed by atoms with Crippen LogP contribution in [-0.4, -0.2) is 63.3 Å². The van der Waals surface area contributed by atoms with Crippen LogP contribution in [0.3, 0.4) is 0 Å². The highest BCUT2D eigenvalue weighted by atomic mass is 16.5. The third-order valence-electron chi connectivity index (χ3n) is 3.54. The Morgan fingerprint density at radius 1 is 0.955 bits per heavy atom. The zero-order valence-electron chi connectivity index (χ0n) is 15.3. The van der Waals surface area contributed by atoms with E-state index in [2.05, 4.69) is 48.2 Å². The zero-order valence-corrected chi connectivity index (χ0v) is 15.3. The Labute approximate surface area is 137 Å². The molecule has 132 valence electrons.